The SMILES string of the molecule is N#CCC1(n2cc(-c3ncnc4[nH]ccc34)cn2)CN(C2CCN(C(=O)c3cccc(OC(F)(F)F)c3)CC2)C1. The third-order valence-corrected chi connectivity index (χ3v) is 7.68. The van der Waals surface area contributed by atoms with Crippen molar-refractivity contribution in [2.75, 3.05) is 26.2 Å². The summed E-state index contributed by atoms with van der Waals surface area (Å²) >= 11 is 0. The molecule has 2 saturated heterocycles. The average Bonchev–Trinajstić information content (AvgIpc) is 3.60. The van der Waals surface area contributed by atoms with E-state index in [2.05, 4.69) is 35.8 Å². The summed E-state index contributed by atoms with van der Waals surface area (Å²) in [4.78, 5) is 28.7. The summed E-state index contributed by atoms with van der Waals surface area (Å²) in [6, 6.07) is 9.62. The lowest BCUT2D eigenvalue weighted by Crippen LogP contribution is -2.66. The predicted octanol–water partition coefficient (Wildman–Crippen LogP) is 3.95. The molecule has 1 amide bonds. The number of likely N-dealkylation sites (tertiary alicyclic amines) is 2. The van der Waals surface area contributed by atoms with Crippen LogP contribution < -0.4 is 4.74 Å². The molecule has 2 aliphatic heterocycles. The molecule has 4 aromatic rings. The Balaban J connectivity index is 1.09. The summed E-state index contributed by atoms with van der Waals surface area (Å²) in [5, 5.41) is 15.1. The Kier molecular flexibility index (Phi) is 6.42. The zero-order valence-corrected chi connectivity index (χ0v) is 21.3. The first-order chi connectivity index (χ1) is 19.2. The van der Waals surface area contributed by atoms with Crippen LogP contribution in [0.2, 0.25) is 0 Å². The van der Waals surface area contributed by atoms with Gasteiger partial charge in [-0.2, -0.15) is 10.4 Å². The lowest BCUT2D eigenvalue weighted by Gasteiger charge is -2.53. The molecule has 2 aliphatic rings. The summed E-state index contributed by atoms with van der Waals surface area (Å²) < 4.78 is 43.5. The number of nitrogens with zero attached hydrogens (tertiary/aromatic N) is 7. The van der Waals surface area contributed by atoms with E-state index in [0.29, 0.717) is 32.6 Å². The van der Waals surface area contributed by atoms with Gasteiger partial charge in [-0.1, -0.05) is 6.07 Å². The van der Waals surface area contributed by atoms with Crippen LogP contribution in [0.15, 0.2) is 55.2 Å². The lowest BCUT2D eigenvalue weighted by atomic mass is 9.83. The highest BCUT2D eigenvalue weighted by atomic mass is 19.4. The molecule has 13 heteroatoms. The molecule has 0 unspecified atom stereocenters. The normalized spacial score (nSPS) is 17.9. The number of nitriles is 1. The zero-order valence-electron chi connectivity index (χ0n) is 21.3. The molecule has 2 fully saturated rings. The van der Waals surface area contributed by atoms with Gasteiger partial charge in [-0.15, -0.1) is 13.2 Å². The van der Waals surface area contributed by atoms with E-state index >= 15 is 0 Å². The van der Waals surface area contributed by atoms with Gasteiger partial charge in [-0.25, -0.2) is 9.97 Å². The van der Waals surface area contributed by atoms with Gasteiger partial charge < -0.3 is 14.6 Å². The van der Waals surface area contributed by atoms with E-state index in [1.54, 1.807) is 11.1 Å². The molecule has 1 N–H and O–H groups in total. The summed E-state index contributed by atoms with van der Waals surface area (Å²) in [6.45, 7) is 2.28. The van der Waals surface area contributed by atoms with Crippen LogP contribution in [0.3, 0.4) is 0 Å². The first-order valence-electron chi connectivity index (χ1n) is 12.8. The molecule has 0 spiro atoms. The molecule has 3 aromatic heterocycles. The van der Waals surface area contributed by atoms with E-state index in [0.717, 1.165) is 41.2 Å². The molecule has 0 radical (unpaired) electrons. The minimum absolute atomic E-state index is 0.160. The van der Waals surface area contributed by atoms with Crippen molar-refractivity contribution in [2.45, 2.75) is 37.2 Å². The summed E-state index contributed by atoms with van der Waals surface area (Å²) in [6.07, 6.45) is 3.95. The van der Waals surface area contributed by atoms with E-state index in [4.69, 9.17) is 0 Å². The van der Waals surface area contributed by atoms with Gasteiger partial charge in [0.05, 0.1) is 24.4 Å². The quantitative estimate of drug-likeness (QED) is 0.387. The Morgan fingerprint density at radius 1 is 1.20 bits per heavy atom. The molecule has 0 atom stereocenters. The Bertz CT molecular complexity index is 1580. The predicted molar refractivity (Wildman–Crippen MR) is 137 cm³/mol. The Morgan fingerprint density at radius 2 is 2.00 bits per heavy atom. The van der Waals surface area contributed by atoms with E-state index in [1.165, 1.54) is 24.5 Å². The van der Waals surface area contributed by atoms with Crippen molar-refractivity contribution in [3.8, 4) is 23.1 Å². The fourth-order valence-corrected chi connectivity index (χ4v) is 5.70. The standard InChI is InChI=1S/C27H25F3N8O2/c28-27(29,30)40-21-3-1-2-18(12-21)25(39)36-10-5-20(6-11-36)37-15-26(16-37,7-8-31)38-14-19(13-35-38)23-22-4-9-32-24(22)34-17-33-23/h1-4,9,12-14,17,20H,5-7,10-11,15-16H2,(H,32,33,34). The van der Waals surface area contributed by atoms with Crippen molar-refractivity contribution in [3.63, 3.8) is 0 Å². The number of rotatable bonds is 6. The Morgan fingerprint density at radius 3 is 2.75 bits per heavy atom. The summed E-state index contributed by atoms with van der Waals surface area (Å²) in [7, 11) is 0. The van der Waals surface area contributed by atoms with E-state index in [9.17, 15) is 23.2 Å². The highest BCUT2D eigenvalue weighted by Crippen LogP contribution is 2.37. The first kappa shape index (κ1) is 25.8. The van der Waals surface area contributed by atoms with Gasteiger partial charge in [-0.05, 0) is 37.1 Å². The molecular formula is C27H25F3N8O2. The number of piperidine rings is 1. The number of hydrogen-bond donors (Lipinski definition) is 1. The fourth-order valence-electron chi connectivity index (χ4n) is 5.70. The fraction of sp³-hybridized carbons (Fsp3) is 0.370. The molecule has 0 bridgehead atoms. The van der Waals surface area contributed by atoms with Crippen LogP contribution in [0.1, 0.15) is 29.6 Å². The number of hydrogen-bond acceptors (Lipinski definition) is 7. The minimum Gasteiger partial charge on any atom is -0.406 e. The largest absolute Gasteiger partial charge is 0.573 e. The van der Waals surface area contributed by atoms with Crippen LogP contribution in [-0.4, -0.2) is 79.0 Å². The van der Waals surface area contributed by atoms with Crippen LogP contribution in [0.4, 0.5) is 13.2 Å². The second-order valence-corrected chi connectivity index (χ2v) is 10.2. The van der Waals surface area contributed by atoms with Gasteiger partial charge in [-0.3, -0.25) is 14.4 Å². The van der Waals surface area contributed by atoms with Crippen LogP contribution in [0.25, 0.3) is 22.3 Å². The van der Waals surface area contributed by atoms with Crippen molar-refractivity contribution in [1.82, 2.24) is 34.5 Å². The van der Waals surface area contributed by atoms with Crippen molar-refractivity contribution < 1.29 is 22.7 Å². The highest BCUT2D eigenvalue weighted by molar-refractivity contribution is 5.94. The average molecular weight is 551 g/mol. The van der Waals surface area contributed by atoms with Crippen LogP contribution >= 0.6 is 0 Å². The summed E-state index contributed by atoms with van der Waals surface area (Å²) in [5.41, 5.74) is 2.06. The first-order valence-corrected chi connectivity index (χ1v) is 12.8. The van der Waals surface area contributed by atoms with E-state index in [1.807, 2.05) is 23.1 Å². The Hall–Kier alpha value is -4.44. The summed E-state index contributed by atoms with van der Waals surface area (Å²) in [5.74, 6) is -0.736. The van der Waals surface area contributed by atoms with Gasteiger partial charge in [0.25, 0.3) is 5.91 Å². The van der Waals surface area contributed by atoms with E-state index < -0.39 is 17.7 Å². The number of ether oxygens (including phenoxy) is 1. The van der Waals surface area contributed by atoms with Crippen molar-refractivity contribution >= 4 is 16.9 Å². The topological polar surface area (TPSA) is 116 Å². The van der Waals surface area contributed by atoms with Gasteiger partial charge in [0.2, 0.25) is 0 Å². The maximum absolute atomic E-state index is 13.0. The smallest absolute Gasteiger partial charge is 0.406 e. The molecule has 0 aliphatic carbocycles. The number of aromatic nitrogens is 5. The van der Waals surface area contributed by atoms with Crippen molar-refractivity contribution in [2.24, 2.45) is 0 Å². The number of benzene rings is 1. The van der Waals surface area contributed by atoms with Gasteiger partial charge in [0, 0.05) is 61.1 Å². The monoisotopic (exact) mass is 550 g/mol. The maximum atomic E-state index is 13.0. The van der Waals surface area contributed by atoms with Gasteiger partial charge in [0.1, 0.15) is 23.3 Å². The number of amides is 1. The molecule has 10 nitrogen and oxygen atoms in total. The highest BCUT2D eigenvalue weighted by Gasteiger charge is 2.48. The van der Waals surface area contributed by atoms with Crippen LogP contribution in [0.5, 0.6) is 5.75 Å². The maximum Gasteiger partial charge on any atom is 0.573 e. The second-order valence-electron chi connectivity index (χ2n) is 10.2. The van der Waals surface area contributed by atoms with Crippen LogP contribution in [0, 0.1) is 11.3 Å². The molecule has 5 heterocycles. The van der Waals surface area contributed by atoms with Gasteiger partial charge in [0.15, 0.2) is 0 Å². The number of halogens is 3. The number of carbonyl (C=O) groups is 1. The molecule has 206 valence electrons. The third-order valence-electron chi connectivity index (χ3n) is 7.68. The Labute approximate surface area is 227 Å². The van der Waals surface area contributed by atoms with Crippen molar-refractivity contribution in [3.05, 3.63) is 60.8 Å². The lowest BCUT2D eigenvalue weighted by molar-refractivity contribution is -0.274. The minimum atomic E-state index is -4.82. The number of fused-ring (bicyclic) bond motifs is 1. The van der Waals surface area contributed by atoms with Crippen LogP contribution in [-0.2, 0) is 5.54 Å². The van der Waals surface area contributed by atoms with E-state index in [-0.39, 0.29) is 17.5 Å². The zero-order chi connectivity index (χ0) is 27.9. The second kappa shape index (κ2) is 9.95. The number of H-pyrrole nitrogens is 1. The number of alkyl halides is 3. The molecule has 40 heavy (non-hydrogen) atoms. The van der Waals surface area contributed by atoms with Gasteiger partial charge >= 0.3 is 6.36 Å². The number of carbonyl (C=O) groups excluding carboxylic acids is 1. The van der Waals surface area contributed by atoms with Crippen molar-refractivity contribution in [1.29, 1.82) is 5.26 Å². The molecule has 1 aromatic carbocycles. The third kappa shape index (κ3) is 4.86. The molecule has 0 saturated carbocycles. The molecule has 6 rings (SSSR count). The molecular weight excluding hydrogens is 525 g/mol. The number of aromatic amines is 1. The number of nitrogens with one attached hydrogen (secondary N) is 1.